The maximum absolute atomic E-state index is 13.3. The molecule has 0 saturated heterocycles. The third-order valence-corrected chi connectivity index (χ3v) is 8.68. The van der Waals surface area contributed by atoms with E-state index in [-0.39, 0.29) is 22.7 Å². The van der Waals surface area contributed by atoms with Gasteiger partial charge in [-0.05, 0) is 76.1 Å². The van der Waals surface area contributed by atoms with E-state index in [4.69, 9.17) is 27.9 Å². The predicted octanol–water partition coefficient (Wildman–Crippen LogP) is 4.92. The van der Waals surface area contributed by atoms with E-state index < -0.39 is 27.9 Å². The quantitative estimate of drug-likeness (QED) is 0.199. The van der Waals surface area contributed by atoms with Gasteiger partial charge in [0.25, 0.3) is 15.9 Å². The monoisotopic (exact) mass is 690 g/mol. The molecule has 1 atom stereocenters. The number of hydrogen-bond acceptors (Lipinski definition) is 8. The molecule has 192 valence electrons. The molecule has 0 saturated carbocycles. The summed E-state index contributed by atoms with van der Waals surface area (Å²) >= 11 is 15.2. The fourth-order valence-corrected chi connectivity index (χ4v) is 6.18. The van der Waals surface area contributed by atoms with Gasteiger partial charge in [-0.2, -0.15) is 12.8 Å². The lowest BCUT2D eigenvalue weighted by atomic mass is 10.0. The van der Waals surface area contributed by atoms with E-state index in [0.717, 1.165) is 11.5 Å². The van der Waals surface area contributed by atoms with Crippen molar-refractivity contribution in [2.24, 2.45) is 0 Å². The molecule has 14 heteroatoms. The Balaban J connectivity index is 1.63. The number of rotatable bonds is 8. The molecule has 37 heavy (non-hydrogen) atoms. The first-order valence-electron chi connectivity index (χ1n) is 10.4. The lowest BCUT2D eigenvalue weighted by Gasteiger charge is -2.19. The molecular weight excluding hydrogens is 674 g/mol. The Bertz CT molecular complexity index is 1610. The summed E-state index contributed by atoms with van der Waals surface area (Å²) in [5.41, 5.74) is 0.657. The van der Waals surface area contributed by atoms with E-state index in [1.165, 1.54) is 31.6 Å². The first-order chi connectivity index (χ1) is 17.6. The highest BCUT2D eigenvalue weighted by molar-refractivity contribution is 14.1. The number of amides is 1. The largest absolute Gasteiger partial charge is 0.467 e. The third-order valence-electron chi connectivity index (χ3n) is 5.19. The molecule has 9 nitrogen and oxygen atoms in total. The van der Waals surface area contributed by atoms with Crippen LogP contribution in [0.5, 0.6) is 0 Å². The molecule has 4 aromatic rings. The van der Waals surface area contributed by atoms with E-state index in [0.29, 0.717) is 29.3 Å². The van der Waals surface area contributed by atoms with Crippen LogP contribution < -0.4 is 10.0 Å². The van der Waals surface area contributed by atoms with Crippen LogP contribution in [-0.4, -0.2) is 42.8 Å². The number of aromatic nitrogens is 2. The van der Waals surface area contributed by atoms with Crippen LogP contribution in [0.4, 0.5) is 5.69 Å². The van der Waals surface area contributed by atoms with Crippen LogP contribution in [0.2, 0.25) is 10.0 Å². The number of nitrogens with zero attached hydrogens (tertiary/aromatic N) is 2. The molecule has 2 aromatic heterocycles. The Morgan fingerprint density at radius 1 is 1.14 bits per heavy atom. The van der Waals surface area contributed by atoms with Crippen molar-refractivity contribution in [3.63, 3.8) is 0 Å². The Hall–Kier alpha value is -2.52. The maximum Gasteiger partial charge on any atom is 0.328 e. The average Bonchev–Trinajstić information content (AvgIpc) is 3.34. The number of methoxy groups -OCH3 is 1. The number of halogens is 3. The summed E-state index contributed by atoms with van der Waals surface area (Å²) in [6, 6.07) is 10.0. The zero-order valence-corrected chi connectivity index (χ0v) is 24.2. The lowest BCUT2D eigenvalue weighted by molar-refractivity contribution is -0.142. The number of pyridine rings is 1. The third kappa shape index (κ3) is 6.32. The normalized spacial score (nSPS) is 12.2. The van der Waals surface area contributed by atoms with Gasteiger partial charge < -0.3 is 10.1 Å². The molecule has 1 amide bonds. The number of carbonyl (C=O) groups excluding carboxylic acids is 2. The smallest absolute Gasteiger partial charge is 0.328 e. The molecule has 0 aliphatic heterocycles. The van der Waals surface area contributed by atoms with Gasteiger partial charge in [0.1, 0.15) is 6.04 Å². The van der Waals surface area contributed by atoms with Gasteiger partial charge in [0.2, 0.25) is 0 Å². The number of sulfonamides is 1. The summed E-state index contributed by atoms with van der Waals surface area (Å²) in [6.45, 7) is 0. The molecular formula is C23H17Cl2IN4O5S2. The minimum absolute atomic E-state index is 0.00245. The molecule has 0 radical (unpaired) electrons. The van der Waals surface area contributed by atoms with Crippen LogP contribution in [0.25, 0.3) is 10.1 Å². The van der Waals surface area contributed by atoms with Crippen LogP contribution in [0, 0.1) is 3.57 Å². The number of carbonyl (C=O) groups is 2. The van der Waals surface area contributed by atoms with Gasteiger partial charge in [-0.15, -0.1) is 0 Å². The highest BCUT2D eigenvalue weighted by atomic mass is 127. The minimum Gasteiger partial charge on any atom is -0.467 e. The number of ether oxygens (including phenoxy) is 1. The number of fused-ring (bicyclic) bond motifs is 1. The van der Waals surface area contributed by atoms with Crippen molar-refractivity contribution >= 4 is 95.0 Å². The SMILES string of the molecule is COC(=O)[C@H](Cc1ccc(Cl)c(Cl)c1)NC(=O)c1ccc(I)cc1NS(=O)(=O)c1nccc2sncc12. The lowest BCUT2D eigenvalue weighted by Crippen LogP contribution is -2.43. The first kappa shape index (κ1) is 27.5. The topological polar surface area (TPSA) is 127 Å². The number of anilines is 1. The van der Waals surface area contributed by atoms with Crippen LogP contribution >= 0.6 is 57.3 Å². The number of esters is 1. The Morgan fingerprint density at radius 3 is 2.65 bits per heavy atom. The van der Waals surface area contributed by atoms with E-state index >= 15 is 0 Å². The highest BCUT2D eigenvalue weighted by Crippen LogP contribution is 2.28. The molecule has 0 unspecified atom stereocenters. The highest BCUT2D eigenvalue weighted by Gasteiger charge is 2.27. The van der Waals surface area contributed by atoms with Crippen LogP contribution in [0.3, 0.4) is 0 Å². The molecule has 0 spiro atoms. The standard InChI is InChI=1S/C23H17Cl2IN4O5S2/c1-35-23(32)19(9-12-2-5-16(24)17(25)8-12)29-21(31)14-4-3-13(26)10-18(14)30-37(33,34)22-15-11-28-36-20(15)6-7-27-22/h2-8,10-11,19,30H,9H2,1H3,(H,29,31)/t19-/m0/s1. The van der Waals surface area contributed by atoms with Gasteiger partial charge in [-0.3, -0.25) is 9.52 Å². The molecule has 2 aromatic carbocycles. The molecule has 0 fully saturated rings. The van der Waals surface area contributed by atoms with Crippen molar-refractivity contribution in [3.8, 4) is 0 Å². The Morgan fingerprint density at radius 2 is 1.92 bits per heavy atom. The summed E-state index contributed by atoms with van der Waals surface area (Å²) in [5, 5.41) is 3.43. The number of hydrogen-bond donors (Lipinski definition) is 2. The van der Waals surface area contributed by atoms with Gasteiger partial charge in [0, 0.05) is 16.2 Å². The summed E-state index contributed by atoms with van der Waals surface area (Å²) in [4.78, 5) is 29.8. The summed E-state index contributed by atoms with van der Waals surface area (Å²) in [6.07, 6.45) is 2.87. The van der Waals surface area contributed by atoms with E-state index in [2.05, 4.69) is 19.4 Å². The van der Waals surface area contributed by atoms with Gasteiger partial charge >= 0.3 is 5.97 Å². The minimum atomic E-state index is -4.19. The summed E-state index contributed by atoms with van der Waals surface area (Å²) in [5.74, 6) is -1.37. The van der Waals surface area contributed by atoms with Gasteiger partial charge in [0.05, 0.1) is 44.7 Å². The van der Waals surface area contributed by atoms with Crippen molar-refractivity contribution in [2.45, 2.75) is 17.5 Å². The van der Waals surface area contributed by atoms with Gasteiger partial charge in [0.15, 0.2) is 5.03 Å². The van der Waals surface area contributed by atoms with E-state index in [9.17, 15) is 18.0 Å². The van der Waals surface area contributed by atoms with E-state index in [1.54, 1.807) is 30.3 Å². The Labute approximate surface area is 239 Å². The van der Waals surface area contributed by atoms with Crippen molar-refractivity contribution in [3.05, 3.63) is 79.6 Å². The first-order valence-corrected chi connectivity index (χ1v) is 14.5. The molecule has 2 N–H and O–H groups in total. The molecule has 0 aliphatic carbocycles. The fourth-order valence-electron chi connectivity index (χ4n) is 3.45. The summed E-state index contributed by atoms with van der Waals surface area (Å²) < 4.78 is 39.2. The van der Waals surface area contributed by atoms with Crippen molar-refractivity contribution in [1.29, 1.82) is 0 Å². The van der Waals surface area contributed by atoms with Crippen molar-refractivity contribution < 1.29 is 22.7 Å². The fraction of sp³-hybridized carbons (Fsp3) is 0.130. The number of benzene rings is 2. The molecule has 4 rings (SSSR count). The van der Waals surface area contributed by atoms with Crippen LogP contribution in [0.1, 0.15) is 15.9 Å². The van der Waals surface area contributed by atoms with Gasteiger partial charge in [-0.25, -0.2) is 9.78 Å². The Kier molecular flexibility index (Phi) is 8.53. The second-order valence-electron chi connectivity index (χ2n) is 7.65. The predicted molar refractivity (Wildman–Crippen MR) is 151 cm³/mol. The number of nitrogens with one attached hydrogen (secondary N) is 2. The van der Waals surface area contributed by atoms with Crippen LogP contribution in [0.15, 0.2) is 59.9 Å². The van der Waals surface area contributed by atoms with Crippen molar-refractivity contribution in [2.75, 3.05) is 11.8 Å². The molecule has 0 bridgehead atoms. The second kappa shape index (κ2) is 11.5. The van der Waals surface area contributed by atoms with E-state index in [1.807, 2.05) is 22.6 Å². The van der Waals surface area contributed by atoms with Crippen LogP contribution in [-0.2, 0) is 26.0 Å². The zero-order chi connectivity index (χ0) is 26.7. The molecule has 0 aliphatic rings. The average molecular weight is 691 g/mol. The zero-order valence-electron chi connectivity index (χ0n) is 18.9. The second-order valence-corrected chi connectivity index (χ2v) is 12.1. The maximum atomic E-state index is 13.3. The summed E-state index contributed by atoms with van der Waals surface area (Å²) in [7, 11) is -2.98. The van der Waals surface area contributed by atoms with Crippen molar-refractivity contribution in [1.82, 2.24) is 14.7 Å². The molecule has 2 heterocycles. The van der Waals surface area contributed by atoms with Gasteiger partial charge in [-0.1, -0.05) is 29.3 Å².